The van der Waals surface area contributed by atoms with E-state index in [1.54, 1.807) is 6.92 Å². The molecule has 21 heavy (non-hydrogen) atoms. The summed E-state index contributed by atoms with van der Waals surface area (Å²) < 4.78 is 13.0. The fraction of sp³-hybridized carbons (Fsp3) is 0.0667. The van der Waals surface area contributed by atoms with Crippen LogP contribution >= 0.6 is 0 Å². The number of benzene rings is 2. The van der Waals surface area contributed by atoms with Gasteiger partial charge >= 0.3 is 5.97 Å². The fourth-order valence-electron chi connectivity index (χ4n) is 1.89. The molecule has 5 nitrogen and oxygen atoms in total. The van der Waals surface area contributed by atoms with Crippen molar-refractivity contribution in [2.45, 2.75) is 6.92 Å². The van der Waals surface area contributed by atoms with E-state index in [1.165, 1.54) is 30.3 Å². The van der Waals surface area contributed by atoms with E-state index in [0.717, 1.165) is 6.07 Å². The number of carboxylic acids is 1. The lowest BCUT2D eigenvalue weighted by Gasteiger charge is -2.10. The first-order chi connectivity index (χ1) is 9.90. The third-order valence-electron chi connectivity index (χ3n) is 2.95. The molecule has 3 N–H and O–H groups in total. The number of aryl methyl sites for hydroxylation is 1. The highest BCUT2D eigenvalue weighted by atomic mass is 19.1. The highest BCUT2D eigenvalue weighted by Gasteiger charge is 2.16. The van der Waals surface area contributed by atoms with E-state index in [4.69, 9.17) is 5.11 Å². The average molecular weight is 289 g/mol. The molecule has 6 heteroatoms. The average Bonchev–Trinajstić information content (AvgIpc) is 2.40. The van der Waals surface area contributed by atoms with Crippen LogP contribution in [-0.4, -0.2) is 22.1 Å². The van der Waals surface area contributed by atoms with Crippen LogP contribution in [-0.2, 0) is 0 Å². The smallest absolute Gasteiger partial charge is 0.339 e. The van der Waals surface area contributed by atoms with Crippen LogP contribution in [0.1, 0.15) is 26.3 Å². The highest BCUT2D eigenvalue weighted by Crippen LogP contribution is 2.28. The Bertz CT molecular complexity index is 728. The van der Waals surface area contributed by atoms with Crippen molar-refractivity contribution in [3.05, 3.63) is 58.9 Å². The van der Waals surface area contributed by atoms with Crippen molar-refractivity contribution >= 4 is 17.6 Å². The summed E-state index contributed by atoms with van der Waals surface area (Å²) >= 11 is 0. The third kappa shape index (κ3) is 3.00. The van der Waals surface area contributed by atoms with Crippen LogP contribution in [0.3, 0.4) is 0 Å². The molecule has 0 spiro atoms. The summed E-state index contributed by atoms with van der Waals surface area (Å²) in [6, 6.07) is 7.67. The van der Waals surface area contributed by atoms with E-state index in [0.29, 0.717) is 5.56 Å². The predicted octanol–water partition coefficient (Wildman–Crippen LogP) is 2.79. The Labute approximate surface area is 119 Å². The van der Waals surface area contributed by atoms with Crippen molar-refractivity contribution in [2.24, 2.45) is 0 Å². The van der Waals surface area contributed by atoms with Gasteiger partial charge in [0.2, 0.25) is 0 Å². The molecule has 0 radical (unpaired) electrons. The van der Waals surface area contributed by atoms with Crippen LogP contribution in [0.2, 0.25) is 0 Å². The number of halogens is 1. The number of aromatic hydroxyl groups is 1. The lowest BCUT2D eigenvalue weighted by molar-refractivity contribution is 0.0693. The molecule has 0 unspecified atom stereocenters. The Balaban J connectivity index is 2.32. The fourth-order valence-corrected chi connectivity index (χ4v) is 1.89. The van der Waals surface area contributed by atoms with Crippen LogP contribution in [0.4, 0.5) is 10.1 Å². The molecule has 0 bridgehead atoms. The molecule has 0 fully saturated rings. The van der Waals surface area contributed by atoms with Gasteiger partial charge in [0.15, 0.2) is 5.75 Å². The Morgan fingerprint density at radius 1 is 1.14 bits per heavy atom. The van der Waals surface area contributed by atoms with Crippen LogP contribution in [0.5, 0.6) is 5.75 Å². The van der Waals surface area contributed by atoms with E-state index in [2.05, 4.69) is 5.32 Å². The van der Waals surface area contributed by atoms with Crippen molar-refractivity contribution < 1.29 is 24.2 Å². The van der Waals surface area contributed by atoms with Gasteiger partial charge in [0.05, 0.1) is 5.69 Å². The molecule has 0 atom stereocenters. The molecule has 2 aromatic rings. The van der Waals surface area contributed by atoms with Crippen LogP contribution in [0.15, 0.2) is 36.4 Å². The van der Waals surface area contributed by atoms with E-state index in [9.17, 15) is 19.1 Å². The second kappa shape index (κ2) is 5.62. The molecular weight excluding hydrogens is 277 g/mol. The zero-order chi connectivity index (χ0) is 15.6. The van der Waals surface area contributed by atoms with Gasteiger partial charge in [-0.05, 0) is 42.8 Å². The quantitative estimate of drug-likeness (QED) is 0.758. The maximum atomic E-state index is 13.0. The molecule has 0 heterocycles. The predicted molar refractivity (Wildman–Crippen MR) is 74.2 cm³/mol. The highest BCUT2D eigenvalue weighted by molar-refractivity contribution is 6.07. The topological polar surface area (TPSA) is 86.6 Å². The molecule has 1 amide bonds. The van der Waals surface area contributed by atoms with E-state index >= 15 is 0 Å². The number of phenols is 1. The minimum Gasteiger partial charge on any atom is -0.505 e. The summed E-state index contributed by atoms with van der Waals surface area (Å²) in [5, 5.41) is 21.1. The summed E-state index contributed by atoms with van der Waals surface area (Å²) in [7, 11) is 0. The minimum atomic E-state index is -1.30. The molecule has 0 saturated carbocycles. The Kier molecular flexibility index (Phi) is 3.89. The first kappa shape index (κ1) is 14.5. The number of hydrogen-bond acceptors (Lipinski definition) is 3. The van der Waals surface area contributed by atoms with E-state index in [-0.39, 0.29) is 16.8 Å². The number of carboxylic acid groups (broad SMARTS) is 1. The Hall–Kier alpha value is -2.89. The molecular formula is C15H12FNO4. The normalized spacial score (nSPS) is 10.2. The molecule has 2 aromatic carbocycles. The van der Waals surface area contributed by atoms with Gasteiger partial charge in [0.25, 0.3) is 5.91 Å². The second-order valence-electron chi connectivity index (χ2n) is 4.42. The minimum absolute atomic E-state index is 0.0244. The van der Waals surface area contributed by atoms with Gasteiger partial charge in [-0.3, -0.25) is 4.79 Å². The van der Waals surface area contributed by atoms with Crippen molar-refractivity contribution in [1.82, 2.24) is 0 Å². The number of hydrogen-bond donors (Lipinski definition) is 3. The van der Waals surface area contributed by atoms with E-state index < -0.39 is 23.4 Å². The van der Waals surface area contributed by atoms with Gasteiger partial charge in [0.1, 0.15) is 11.4 Å². The standard InChI is InChI=1S/C15H12FNO4/c1-8-7-9(16)5-6-10(8)14(19)17-12-4-2-3-11(13(12)18)15(20)21/h2-7,18H,1H3,(H,17,19)(H,20,21). The zero-order valence-electron chi connectivity index (χ0n) is 11.1. The number of carbonyl (C=O) groups excluding carboxylic acids is 1. The van der Waals surface area contributed by atoms with Gasteiger partial charge in [-0.2, -0.15) is 0 Å². The number of rotatable bonds is 3. The van der Waals surface area contributed by atoms with Gasteiger partial charge in [-0.25, -0.2) is 9.18 Å². The lowest BCUT2D eigenvalue weighted by atomic mass is 10.1. The summed E-state index contributed by atoms with van der Waals surface area (Å²) in [6.07, 6.45) is 0. The van der Waals surface area contributed by atoms with Crippen molar-refractivity contribution in [3.8, 4) is 5.75 Å². The van der Waals surface area contributed by atoms with Crippen LogP contribution in [0, 0.1) is 12.7 Å². The van der Waals surface area contributed by atoms with Crippen molar-refractivity contribution in [2.75, 3.05) is 5.32 Å². The molecule has 108 valence electrons. The SMILES string of the molecule is Cc1cc(F)ccc1C(=O)Nc1cccc(C(=O)O)c1O. The van der Waals surface area contributed by atoms with Crippen molar-refractivity contribution in [1.29, 1.82) is 0 Å². The van der Waals surface area contributed by atoms with Crippen molar-refractivity contribution in [3.63, 3.8) is 0 Å². The van der Waals surface area contributed by atoms with Crippen LogP contribution in [0.25, 0.3) is 0 Å². The van der Waals surface area contributed by atoms with Gasteiger partial charge < -0.3 is 15.5 Å². The molecule has 2 rings (SSSR count). The van der Waals surface area contributed by atoms with E-state index in [1.807, 2.05) is 0 Å². The summed E-state index contributed by atoms with van der Waals surface area (Å²) in [6.45, 7) is 1.57. The van der Waals surface area contributed by atoms with Crippen LogP contribution < -0.4 is 5.32 Å². The van der Waals surface area contributed by atoms with Gasteiger partial charge in [-0.15, -0.1) is 0 Å². The Morgan fingerprint density at radius 2 is 1.86 bits per heavy atom. The second-order valence-corrected chi connectivity index (χ2v) is 4.42. The van der Waals surface area contributed by atoms with Gasteiger partial charge in [-0.1, -0.05) is 6.07 Å². The lowest BCUT2D eigenvalue weighted by Crippen LogP contribution is -2.14. The monoisotopic (exact) mass is 289 g/mol. The number of nitrogens with one attached hydrogen (secondary N) is 1. The number of aromatic carboxylic acids is 1. The maximum Gasteiger partial charge on any atom is 0.339 e. The number of para-hydroxylation sites is 1. The molecule has 0 aliphatic carbocycles. The summed E-state index contributed by atoms with van der Waals surface area (Å²) in [5.41, 5.74) is 0.324. The summed E-state index contributed by atoms with van der Waals surface area (Å²) in [4.78, 5) is 23.0. The molecule has 0 saturated heterocycles. The number of amides is 1. The molecule has 0 aliphatic rings. The molecule has 0 aromatic heterocycles. The maximum absolute atomic E-state index is 13.0. The molecule has 0 aliphatic heterocycles. The zero-order valence-corrected chi connectivity index (χ0v) is 11.1. The number of anilines is 1. The first-order valence-corrected chi connectivity index (χ1v) is 6.03. The largest absolute Gasteiger partial charge is 0.505 e. The summed E-state index contributed by atoms with van der Waals surface area (Å²) in [5.74, 6) is -2.86. The van der Waals surface area contributed by atoms with Gasteiger partial charge in [0, 0.05) is 5.56 Å². The Morgan fingerprint density at radius 3 is 2.48 bits per heavy atom. The third-order valence-corrected chi connectivity index (χ3v) is 2.95. The number of carbonyl (C=O) groups is 2. The first-order valence-electron chi connectivity index (χ1n) is 6.03.